The van der Waals surface area contributed by atoms with Gasteiger partial charge in [0.05, 0.1) is 0 Å². The third-order valence-corrected chi connectivity index (χ3v) is 2.15. The van der Waals surface area contributed by atoms with Crippen molar-refractivity contribution in [2.75, 3.05) is 0 Å². The molecule has 0 bridgehead atoms. The maximum atomic E-state index is 10.4. The minimum absolute atomic E-state index is 1.08. The molecular formula is C4H3O6P. The first-order chi connectivity index (χ1) is 4.85. The highest BCUT2D eigenvalue weighted by Crippen LogP contribution is 2.34. The van der Waals surface area contributed by atoms with Gasteiger partial charge < -0.3 is 14.9 Å². The lowest BCUT2D eigenvalue weighted by molar-refractivity contribution is 0.382. The second kappa shape index (κ2) is 2.01. The van der Waals surface area contributed by atoms with Crippen molar-refractivity contribution in [1.29, 1.82) is 0 Å². The van der Waals surface area contributed by atoms with Crippen LogP contribution in [0.5, 0.6) is 5.75 Å². The maximum absolute atomic E-state index is 10.4. The maximum Gasteiger partial charge on any atom is 0.364 e. The highest BCUT2D eigenvalue weighted by Gasteiger charge is 2.33. The molecular weight excluding hydrogens is 175 g/mol. The third kappa shape index (κ3) is 1.01. The largest absolute Gasteiger partial charge is 0.503 e. The van der Waals surface area contributed by atoms with E-state index in [1.165, 1.54) is 0 Å². The van der Waals surface area contributed by atoms with Gasteiger partial charge in [-0.3, -0.25) is 14.2 Å². The second-order valence-corrected chi connectivity index (χ2v) is 3.43. The molecule has 1 aromatic carbocycles. The minimum atomic E-state index is -4.76. The summed E-state index contributed by atoms with van der Waals surface area (Å²) in [5, 5.41) is 7.42. The average Bonchev–Trinajstić information content (AvgIpc) is 1.85. The quantitative estimate of drug-likeness (QED) is 0.332. The van der Waals surface area contributed by atoms with Gasteiger partial charge in [0.25, 0.3) is 5.43 Å². The number of hydrogen-bond donors (Lipinski definition) is 3. The van der Waals surface area contributed by atoms with Gasteiger partial charge in [0.1, 0.15) is 0 Å². The molecule has 0 radical (unpaired) electrons. The van der Waals surface area contributed by atoms with Crippen LogP contribution in [0.1, 0.15) is 0 Å². The molecule has 0 fully saturated rings. The summed E-state index contributed by atoms with van der Waals surface area (Å²) in [7, 11) is -4.76. The van der Waals surface area contributed by atoms with E-state index in [-0.39, 0.29) is 0 Å². The molecule has 0 amide bonds. The Labute approximate surface area is 59.6 Å². The molecule has 1 aromatic rings. The van der Waals surface area contributed by atoms with Crippen LogP contribution in [-0.4, -0.2) is 14.9 Å². The molecule has 0 spiro atoms. The zero-order valence-electron chi connectivity index (χ0n) is 5.01. The molecule has 6 nitrogen and oxygen atoms in total. The van der Waals surface area contributed by atoms with Gasteiger partial charge >= 0.3 is 7.60 Å². The summed E-state index contributed by atoms with van der Waals surface area (Å²) in [6.45, 7) is 0. The first kappa shape index (κ1) is 8.13. The Bertz CT molecular complexity index is 404. The van der Waals surface area contributed by atoms with Gasteiger partial charge in [0, 0.05) is 0 Å². The van der Waals surface area contributed by atoms with E-state index in [9.17, 15) is 14.2 Å². The number of hydrogen-bond acceptors (Lipinski definition) is 4. The van der Waals surface area contributed by atoms with E-state index in [0.717, 1.165) is 0 Å². The monoisotopic (exact) mass is 178 g/mol. The van der Waals surface area contributed by atoms with E-state index in [1.54, 1.807) is 0 Å². The standard InChI is InChI=1S/C4H3O6P/c5-1-2(6)4(3(1)7)11(8,9)10/h6H,(H2,8,9,10). The lowest BCUT2D eigenvalue weighted by Gasteiger charge is -2.05. The van der Waals surface area contributed by atoms with Crippen molar-refractivity contribution < 1.29 is 19.5 Å². The fraction of sp³-hybridized carbons (Fsp3) is 0. The Kier molecular flexibility index (Phi) is 1.48. The van der Waals surface area contributed by atoms with Crippen molar-refractivity contribution in [3.63, 3.8) is 0 Å². The summed E-state index contributed by atoms with van der Waals surface area (Å²) in [4.78, 5) is 37.2. The molecule has 11 heavy (non-hydrogen) atoms. The van der Waals surface area contributed by atoms with Crippen LogP contribution < -0.4 is 16.2 Å². The van der Waals surface area contributed by atoms with Gasteiger partial charge in [0.15, 0.2) is 11.1 Å². The van der Waals surface area contributed by atoms with E-state index in [1.807, 2.05) is 0 Å². The first-order valence-corrected chi connectivity index (χ1v) is 4.05. The van der Waals surface area contributed by atoms with E-state index in [4.69, 9.17) is 14.9 Å². The fourth-order valence-electron chi connectivity index (χ4n) is 0.638. The van der Waals surface area contributed by atoms with Gasteiger partial charge in [0.2, 0.25) is 5.43 Å². The SMILES string of the molecule is O=c1c(O)c(P(=O)(O)O)c1=O. The molecule has 0 aliphatic heterocycles. The average molecular weight is 178 g/mol. The van der Waals surface area contributed by atoms with Gasteiger partial charge in [-0.25, -0.2) is 0 Å². The van der Waals surface area contributed by atoms with Crippen molar-refractivity contribution in [2.24, 2.45) is 0 Å². The Morgan fingerprint density at radius 3 is 1.73 bits per heavy atom. The second-order valence-electron chi connectivity index (χ2n) is 1.90. The zero-order chi connectivity index (χ0) is 8.81. The summed E-state index contributed by atoms with van der Waals surface area (Å²) in [6.07, 6.45) is 0. The van der Waals surface area contributed by atoms with Gasteiger partial charge in [-0.1, -0.05) is 0 Å². The van der Waals surface area contributed by atoms with Gasteiger partial charge in [-0.15, -0.1) is 0 Å². The van der Waals surface area contributed by atoms with Crippen LogP contribution in [0.25, 0.3) is 0 Å². The molecule has 0 aromatic heterocycles. The molecule has 3 N–H and O–H groups in total. The van der Waals surface area contributed by atoms with Crippen molar-refractivity contribution >= 4 is 12.9 Å². The van der Waals surface area contributed by atoms with Crippen molar-refractivity contribution in [3.8, 4) is 5.75 Å². The van der Waals surface area contributed by atoms with Crippen LogP contribution in [0.15, 0.2) is 9.59 Å². The fourth-order valence-corrected chi connectivity index (χ4v) is 1.38. The molecule has 0 saturated heterocycles. The highest BCUT2D eigenvalue weighted by atomic mass is 31.2. The lowest BCUT2D eigenvalue weighted by atomic mass is 10.3. The summed E-state index contributed by atoms with van der Waals surface area (Å²) < 4.78 is 10.3. The van der Waals surface area contributed by atoms with Crippen LogP contribution in [-0.2, 0) is 4.57 Å². The van der Waals surface area contributed by atoms with Crippen LogP contribution in [0.3, 0.4) is 0 Å². The summed E-state index contributed by atoms with van der Waals surface area (Å²) in [6, 6.07) is 0. The van der Waals surface area contributed by atoms with E-state index in [2.05, 4.69) is 0 Å². The highest BCUT2D eigenvalue weighted by molar-refractivity contribution is 7.60. The Balaban J connectivity index is 3.44. The molecule has 0 heterocycles. The smallest absolute Gasteiger partial charge is 0.364 e. The summed E-state index contributed by atoms with van der Waals surface area (Å²) >= 11 is 0. The van der Waals surface area contributed by atoms with Crippen molar-refractivity contribution in [3.05, 3.63) is 20.4 Å². The Morgan fingerprint density at radius 2 is 1.55 bits per heavy atom. The first-order valence-electron chi connectivity index (χ1n) is 2.44. The van der Waals surface area contributed by atoms with E-state index >= 15 is 0 Å². The summed E-state index contributed by atoms with van der Waals surface area (Å²) in [5.41, 5.74) is -2.56. The van der Waals surface area contributed by atoms with Crippen molar-refractivity contribution in [1.82, 2.24) is 0 Å². The van der Waals surface area contributed by atoms with Crippen LogP contribution >= 0.6 is 7.60 Å². The van der Waals surface area contributed by atoms with Crippen LogP contribution in [0.2, 0.25) is 0 Å². The van der Waals surface area contributed by atoms with Gasteiger partial charge in [-0.05, 0) is 0 Å². The Morgan fingerprint density at radius 1 is 1.09 bits per heavy atom. The molecule has 0 aliphatic rings. The molecule has 0 saturated carbocycles. The molecule has 60 valence electrons. The van der Waals surface area contributed by atoms with E-state index < -0.39 is 29.5 Å². The lowest BCUT2D eigenvalue weighted by Crippen LogP contribution is -2.45. The number of rotatable bonds is 1. The number of aromatic hydroxyl groups is 1. The van der Waals surface area contributed by atoms with Gasteiger partial charge in [-0.2, -0.15) is 0 Å². The molecule has 0 unspecified atom stereocenters. The molecule has 0 aliphatic carbocycles. The zero-order valence-corrected chi connectivity index (χ0v) is 5.91. The topological polar surface area (TPSA) is 112 Å². The Hall–Kier alpha value is -0.970. The predicted molar refractivity (Wildman–Crippen MR) is 34.7 cm³/mol. The van der Waals surface area contributed by atoms with Crippen LogP contribution in [0.4, 0.5) is 0 Å². The predicted octanol–water partition coefficient (Wildman–Crippen LogP) is -2.21. The van der Waals surface area contributed by atoms with Crippen LogP contribution in [0, 0.1) is 0 Å². The normalized spacial score (nSPS) is 12.2. The summed E-state index contributed by atoms with van der Waals surface area (Å²) in [5.74, 6) is -1.12. The van der Waals surface area contributed by atoms with Crippen molar-refractivity contribution in [2.45, 2.75) is 0 Å². The molecule has 7 heteroatoms. The third-order valence-electron chi connectivity index (χ3n) is 1.15. The molecule has 1 rings (SSSR count). The van der Waals surface area contributed by atoms with E-state index in [0.29, 0.717) is 0 Å². The minimum Gasteiger partial charge on any atom is -0.503 e. The molecule has 0 atom stereocenters.